The van der Waals surface area contributed by atoms with Crippen molar-refractivity contribution in [1.82, 2.24) is 5.01 Å². The number of Topliss-reactive ketones (excluding diaryl/α,β-unsaturated/α-hetero) is 1. The van der Waals surface area contributed by atoms with Gasteiger partial charge in [-0.1, -0.05) is 34.2 Å². The topological polar surface area (TPSA) is 41.9 Å². The number of ketones is 1. The van der Waals surface area contributed by atoms with Crippen LogP contribution in [0.2, 0.25) is 0 Å². The Hall–Kier alpha value is -1.79. The number of halogens is 2. The lowest BCUT2D eigenvalue weighted by Crippen LogP contribution is -2.22. The Morgan fingerprint density at radius 1 is 1.42 bits per heavy atom. The molecule has 1 heterocycles. The number of ether oxygens (including phenoxy) is 1. The van der Waals surface area contributed by atoms with Crippen LogP contribution in [0, 0.1) is 0 Å². The van der Waals surface area contributed by atoms with E-state index in [9.17, 15) is 9.18 Å². The molecule has 128 valence electrons. The molecule has 2 unspecified atom stereocenters. The van der Waals surface area contributed by atoms with E-state index in [4.69, 9.17) is 4.74 Å². The highest BCUT2D eigenvalue weighted by Crippen LogP contribution is 2.17. The predicted molar refractivity (Wildman–Crippen MR) is 97.6 cm³/mol. The molecule has 1 aliphatic carbocycles. The Balaban J connectivity index is 2.33. The van der Waals surface area contributed by atoms with E-state index in [1.807, 2.05) is 19.1 Å². The van der Waals surface area contributed by atoms with Crippen molar-refractivity contribution in [2.45, 2.75) is 24.3 Å². The SMILES string of the molecule is CCOCC(=O)C1=N/N(C2=CC=CC(F)C=C2)/C=C/CC(Br)\C=C\1. The summed E-state index contributed by atoms with van der Waals surface area (Å²) in [5.74, 6) is -0.204. The van der Waals surface area contributed by atoms with Crippen LogP contribution >= 0.6 is 15.9 Å². The number of carbonyl (C=O) groups excluding carboxylic acids is 1. The van der Waals surface area contributed by atoms with Crippen LogP contribution in [0.1, 0.15) is 13.3 Å². The number of rotatable bonds is 5. The Bertz CT molecular complexity index is 635. The minimum Gasteiger partial charge on any atom is -0.374 e. The summed E-state index contributed by atoms with van der Waals surface area (Å²) in [6.45, 7) is 2.27. The second-order valence-electron chi connectivity index (χ2n) is 5.17. The first-order valence-electron chi connectivity index (χ1n) is 7.78. The van der Waals surface area contributed by atoms with E-state index in [0.29, 0.717) is 18.0 Å². The summed E-state index contributed by atoms with van der Waals surface area (Å²) in [4.78, 5) is 12.4. The largest absolute Gasteiger partial charge is 0.374 e. The van der Waals surface area contributed by atoms with Crippen molar-refractivity contribution in [3.63, 3.8) is 0 Å². The molecule has 2 atom stereocenters. The molecule has 0 fully saturated rings. The highest BCUT2D eigenvalue weighted by atomic mass is 79.9. The number of nitrogens with zero attached hydrogens (tertiary/aromatic N) is 2. The highest BCUT2D eigenvalue weighted by Gasteiger charge is 2.14. The van der Waals surface area contributed by atoms with Crippen LogP contribution in [-0.2, 0) is 9.53 Å². The van der Waals surface area contributed by atoms with Crippen LogP contribution < -0.4 is 0 Å². The molecule has 6 heteroatoms. The van der Waals surface area contributed by atoms with Crippen molar-refractivity contribution in [1.29, 1.82) is 0 Å². The summed E-state index contributed by atoms with van der Waals surface area (Å²) in [5.41, 5.74) is 0.963. The van der Waals surface area contributed by atoms with Gasteiger partial charge in [0.25, 0.3) is 0 Å². The van der Waals surface area contributed by atoms with E-state index in [1.165, 1.54) is 12.2 Å². The Morgan fingerprint density at radius 2 is 2.25 bits per heavy atom. The molecule has 0 aromatic rings. The van der Waals surface area contributed by atoms with E-state index in [2.05, 4.69) is 21.0 Å². The van der Waals surface area contributed by atoms with Crippen molar-refractivity contribution in [2.24, 2.45) is 5.10 Å². The highest BCUT2D eigenvalue weighted by molar-refractivity contribution is 9.09. The van der Waals surface area contributed by atoms with Crippen molar-refractivity contribution < 1.29 is 13.9 Å². The molecule has 0 aromatic heterocycles. The number of alkyl halides is 2. The van der Waals surface area contributed by atoms with Gasteiger partial charge in [-0.15, -0.1) is 0 Å². The maximum Gasteiger partial charge on any atom is 0.208 e. The normalized spacial score (nSPS) is 28.7. The molecule has 2 aliphatic rings. The molecule has 0 saturated carbocycles. The molecule has 1 aliphatic heterocycles. The Labute approximate surface area is 149 Å². The molecule has 0 radical (unpaired) electrons. The first-order valence-corrected chi connectivity index (χ1v) is 8.70. The van der Waals surface area contributed by atoms with Gasteiger partial charge in [-0.05, 0) is 43.7 Å². The third-order valence-electron chi connectivity index (χ3n) is 3.29. The lowest BCUT2D eigenvalue weighted by molar-refractivity contribution is -0.117. The molecule has 0 amide bonds. The molecular formula is C18H20BrFN2O2. The summed E-state index contributed by atoms with van der Waals surface area (Å²) < 4.78 is 18.6. The van der Waals surface area contributed by atoms with E-state index in [-0.39, 0.29) is 17.2 Å². The molecule has 0 spiro atoms. The van der Waals surface area contributed by atoms with Gasteiger partial charge in [-0.3, -0.25) is 4.79 Å². The van der Waals surface area contributed by atoms with Gasteiger partial charge in [0.2, 0.25) is 5.78 Å². The number of allylic oxidation sites excluding steroid dienone is 8. The molecule has 0 aromatic carbocycles. The van der Waals surface area contributed by atoms with Crippen LogP contribution in [0.5, 0.6) is 0 Å². The predicted octanol–water partition coefficient (Wildman–Crippen LogP) is 3.84. The average Bonchev–Trinajstić information content (AvgIpc) is 2.73. The third kappa shape index (κ3) is 5.69. The number of hydrogen-bond acceptors (Lipinski definition) is 4. The molecule has 24 heavy (non-hydrogen) atoms. The van der Waals surface area contributed by atoms with Crippen LogP contribution in [0.15, 0.2) is 65.6 Å². The summed E-state index contributed by atoms with van der Waals surface area (Å²) in [7, 11) is 0. The van der Waals surface area contributed by atoms with Gasteiger partial charge >= 0.3 is 0 Å². The quantitative estimate of drug-likeness (QED) is 0.665. The van der Waals surface area contributed by atoms with E-state index in [0.717, 1.165) is 6.42 Å². The summed E-state index contributed by atoms with van der Waals surface area (Å²) in [6.07, 6.45) is 14.8. The average molecular weight is 395 g/mol. The second-order valence-corrected chi connectivity index (χ2v) is 6.34. The van der Waals surface area contributed by atoms with Crippen LogP contribution in [0.3, 0.4) is 0 Å². The lowest BCUT2D eigenvalue weighted by Gasteiger charge is -2.16. The number of hydrogen-bond donors (Lipinski definition) is 0. The van der Waals surface area contributed by atoms with Gasteiger partial charge in [-0.25, -0.2) is 9.40 Å². The summed E-state index contributed by atoms with van der Waals surface area (Å²) in [5, 5.41) is 6.00. The number of hydrazone groups is 1. The third-order valence-corrected chi connectivity index (χ3v) is 3.97. The first-order chi connectivity index (χ1) is 11.6. The Kier molecular flexibility index (Phi) is 7.34. The molecule has 4 nitrogen and oxygen atoms in total. The molecule has 0 bridgehead atoms. The zero-order valence-corrected chi connectivity index (χ0v) is 15.0. The zero-order chi connectivity index (χ0) is 17.4. The smallest absolute Gasteiger partial charge is 0.208 e. The molecule has 0 N–H and O–H groups in total. The molecule has 0 saturated heterocycles. The van der Waals surface area contributed by atoms with Gasteiger partial charge in [0.05, 0.1) is 5.70 Å². The van der Waals surface area contributed by atoms with E-state index >= 15 is 0 Å². The molecular weight excluding hydrogens is 375 g/mol. The van der Waals surface area contributed by atoms with Gasteiger partial charge in [0.15, 0.2) is 0 Å². The zero-order valence-electron chi connectivity index (χ0n) is 13.4. The fourth-order valence-corrected chi connectivity index (χ4v) is 2.40. The van der Waals surface area contributed by atoms with Crippen molar-refractivity contribution >= 4 is 27.4 Å². The van der Waals surface area contributed by atoms with Gasteiger partial charge < -0.3 is 4.74 Å². The maximum atomic E-state index is 13.4. The minimum absolute atomic E-state index is 0.0223. The number of carbonyl (C=O) groups is 1. The van der Waals surface area contributed by atoms with Gasteiger partial charge in [-0.2, -0.15) is 5.10 Å². The second kappa shape index (κ2) is 9.49. The Morgan fingerprint density at radius 3 is 3.04 bits per heavy atom. The summed E-state index contributed by atoms with van der Waals surface area (Å²) in [6, 6.07) is 0. The van der Waals surface area contributed by atoms with Gasteiger partial charge in [0.1, 0.15) is 18.5 Å². The van der Waals surface area contributed by atoms with Gasteiger partial charge in [0, 0.05) is 17.6 Å². The van der Waals surface area contributed by atoms with Crippen LogP contribution in [-0.4, -0.2) is 40.7 Å². The monoisotopic (exact) mass is 394 g/mol. The van der Waals surface area contributed by atoms with Crippen molar-refractivity contribution in [3.05, 3.63) is 60.5 Å². The van der Waals surface area contributed by atoms with Crippen molar-refractivity contribution in [2.75, 3.05) is 13.2 Å². The van der Waals surface area contributed by atoms with E-state index < -0.39 is 6.17 Å². The van der Waals surface area contributed by atoms with Crippen LogP contribution in [0.4, 0.5) is 4.39 Å². The van der Waals surface area contributed by atoms with Crippen molar-refractivity contribution in [3.8, 4) is 0 Å². The fraction of sp³-hybridized carbons (Fsp3) is 0.333. The summed E-state index contributed by atoms with van der Waals surface area (Å²) >= 11 is 3.53. The lowest BCUT2D eigenvalue weighted by atomic mass is 10.2. The standard InChI is InChI=1S/C18H20BrFN2O2/c1-2-24-13-18(23)17-11-8-14(19)5-4-12-22(21-17)16-7-3-6-15(20)9-10-16/h3-4,6-12,14-15H,2,5,13H2,1H3/b11-8+,12-4+,21-17+. The van der Waals surface area contributed by atoms with E-state index in [1.54, 1.807) is 35.5 Å². The maximum absolute atomic E-state index is 13.4. The molecule has 2 rings (SSSR count). The minimum atomic E-state index is -1.13. The van der Waals surface area contributed by atoms with Crippen LogP contribution in [0.25, 0.3) is 0 Å². The fourth-order valence-electron chi connectivity index (χ4n) is 2.03. The first kappa shape index (κ1) is 18.5.